The van der Waals surface area contributed by atoms with Gasteiger partial charge in [0.15, 0.2) is 0 Å². The predicted molar refractivity (Wildman–Crippen MR) is 79.2 cm³/mol. The molecule has 0 atom stereocenters. The molecule has 0 heterocycles. The van der Waals surface area contributed by atoms with Gasteiger partial charge in [-0.2, -0.15) is 0 Å². The van der Waals surface area contributed by atoms with Crippen LogP contribution in [0.25, 0.3) is 0 Å². The Balaban J connectivity index is 1.57. The molecule has 19 heavy (non-hydrogen) atoms. The van der Waals surface area contributed by atoms with Crippen LogP contribution in [0.15, 0.2) is 72.8 Å². The van der Waals surface area contributed by atoms with Gasteiger partial charge in [-0.3, -0.25) is 0 Å². The van der Waals surface area contributed by atoms with Crippen molar-refractivity contribution >= 4 is 0 Å². The largest absolute Gasteiger partial charge is 0.490 e. The molecule has 98 valence electrons. The van der Waals surface area contributed by atoms with Crippen molar-refractivity contribution in [1.82, 2.24) is 5.32 Å². The Kier molecular flexibility index (Phi) is 5.71. The first kappa shape index (κ1) is 13.4. The summed E-state index contributed by atoms with van der Waals surface area (Å²) in [6, 6.07) is 20.2. The smallest absolute Gasteiger partial charge is 0.119 e. The molecular formula is C17H19NO. The summed E-state index contributed by atoms with van der Waals surface area (Å²) in [5.74, 6) is 0.907. The highest BCUT2D eigenvalue weighted by atomic mass is 16.5. The molecule has 2 nitrogen and oxygen atoms in total. The molecule has 0 fully saturated rings. The highest BCUT2D eigenvalue weighted by Gasteiger charge is 1.89. The first-order valence-electron chi connectivity index (χ1n) is 6.52. The minimum Gasteiger partial charge on any atom is -0.490 e. The van der Waals surface area contributed by atoms with Crippen molar-refractivity contribution in [1.29, 1.82) is 0 Å². The zero-order chi connectivity index (χ0) is 13.2. The molecule has 0 saturated carbocycles. The Hall–Kier alpha value is -2.06. The van der Waals surface area contributed by atoms with Gasteiger partial charge in [-0.25, -0.2) is 0 Å². The van der Waals surface area contributed by atoms with E-state index in [-0.39, 0.29) is 0 Å². The molecular weight excluding hydrogens is 234 g/mol. The highest BCUT2D eigenvalue weighted by molar-refractivity contribution is 5.21. The summed E-state index contributed by atoms with van der Waals surface area (Å²) in [4.78, 5) is 0. The Labute approximate surface area is 114 Å². The SMILES string of the molecule is C(=C/COc1ccccc1)/CNCc1ccccc1. The molecule has 0 saturated heterocycles. The van der Waals surface area contributed by atoms with Gasteiger partial charge in [0.1, 0.15) is 12.4 Å². The number of benzene rings is 2. The van der Waals surface area contributed by atoms with Crippen LogP contribution < -0.4 is 10.1 Å². The van der Waals surface area contributed by atoms with Gasteiger partial charge in [0.05, 0.1) is 0 Å². The van der Waals surface area contributed by atoms with Crippen LogP contribution in [0.5, 0.6) is 5.75 Å². The number of hydrogen-bond acceptors (Lipinski definition) is 2. The van der Waals surface area contributed by atoms with Gasteiger partial charge in [0.2, 0.25) is 0 Å². The summed E-state index contributed by atoms with van der Waals surface area (Å²) >= 11 is 0. The Morgan fingerprint density at radius 1 is 0.842 bits per heavy atom. The third-order valence-electron chi connectivity index (χ3n) is 2.69. The molecule has 0 aliphatic carbocycles. The van der Waals surface area contributed by atoms with Crippen LogP contribution in [-0.4, -0.2) is 13.2 Å². The minimum atomic E-state index is 0.608. The van der Waals surface area contributed by atoms with Gasteiger partial charge in [-0.15, -0.1) is 0 Å². The van der Waals surface area contributed by atoms with E-state index in [0.717, 1.165) is 18.8 Å². The molecule has 0 unspecified atom stereocenters. The first-order valence-corrected chi connectivity index (χ1v) is 6.52. The third-order valence-corrected chi connectivity index (χ3v) is 2.69. The van der Waals surface area contributed by atoms with Gasteiger partial charge < -0.3 is 10.1 Å². The van der Waals surface area contributed by atoms with Crippen LogP contribution in [0.4, 0.5) is 0 Å². The summed E-state index contributed by atoms with van der Waals surface area (Å²) in [6.07, 6.45) is 4.12. The van der Waals surface area contributed by atoms with Crippen LogP contribution in [0.1, 0.15) is 5.56 Å². The summed E-state index contributed by atoms with van der Waals surface area (Å²) in [6.45, 7) is 2.36. The molecule has 0 aromatic heterocycles. The molecule has 0 spiro atoms. The van der Waals surface area contributed by atoms with Gasteiger partial charge in [-0.05, 0) is 17.7 Å². The average Bonchev–Trinajstić information content (AvgIpc) is 2.48. The molecule has 2 aromatic carbocycles. The molecule has 0 aliphatic heterocycles. The fourth-order valence-corrected chi connectivity index (χ4v) is 1.71. The zero-order valence-corrected chi connectivity index (χ0v) is 11.0. The van der Waals surface area contributed by atoms with Crippen molar-refractivity contribution in [3.8, 4) is 5.75 Å². The topological polar surface area (TPSA) is 21.3 Å². The van der Waals surface area contributed by atoms with Crippen molar-refractivity contribution in [3.05, 3.63) is 78.4 Å². The molecule has 2 rings (SSSR count). The van der Waals surface area contributed by atoms with Gasteiger partial charge in [0, 0.05) is 13.1 Å². The first-order chi connectivity index (χ1) is 9.45. The number of para-hydroxylation sites is 1. The van der Waals surface area contributed by atoms with Crippen molar-refractivity contribution < 1.29 is 4.74 Å². The lowest BCUT2D eigenvalue weighted by Gasteiger charge is -2.02. The molecule has 1 N–H and O–H groups in total. The van der Waals surface area contributed by atoms with Crippen molar-refractivity contribution in [2.24, 2.45) is 0 Å². The second-order valence-electron chi connectivity index (χ2n) is 4.21. The van der Waals surface area contributed by atoms with Crippen molar-refractivity contribution in [2.75, 3.05) is 13.2 Å². The van der Waals surface area contributed by atoms with E-state index in [4.69, 9.17) is 4.74 Å². The highest BCUT2D eigenvalue weighted by Crippen LogP contribution is 2.07. The Morgan fingerprint density at radius 2 is 1.53 bits per heavy atom. The monoisotopic (exact) mass is 253 g/mol. The maximum Gasteiger partial charge on any atom is 0.119 e. The third kappa shape index (κ3) is 5.40. The lowest BCUT2D eigenvalue weighted by Crippen LogP contribution is -2.12. The molecule has 2 heteroatoms. The standard InChI is InChI=1S/C17H19NO/c1-3-9-16(10-4-1)15-18-13-7-8-14-19-17-11-5-2-6-12-17/h1-12,18H,13-15H2/b8-7-. The van der Waals surface area contributed by atoms with Gasteiger partial charge >= 0.3 is 0 Å². The second-order valence-corrected chi connectivity index (χ2v) is 4.21. The quantitative estimate of drug-likeness (QED) is 0.603. The lowest BCUT2D eigenvalue weighted by atomic mass is 10.2. The maximum atomic E-state index is 5.56. The van der Waals surface area contributed by atoms with Crippen LogP contribution in [-0.2, 0) is 6.54 Å². The van der Waals surface area contributed by atoms with E-state index in [2.05, 4.69) is 35.7 Å². The van der Waals surface area contributed by atoms with E-state index in [0.29, 0.717) is 6.61 Å². The minimum absolute atomic E-state index is 0.608. The Bertz CT molecular complexity index is 479. The van der Waals surface area contributed by atoms with Gasteiger partial charge in [-0.1, -0.05) is 60.7 Å². The number of ether oxygens (including phenoxy) is 1. The molecule has 0 radical (unpaired) electrons. The van der Waals surface area contributed by atoms with E-state index in [1.54, 1.807) is 0 Å². The summed E-state index contributed by atoms with van der Waals surface area (Å²) in [5, 5.41) is 3.36. The van der Waals surface area contributed by atoms with Gasteiger partial charge in [0.25, 0.3) is 0 Å². The summed E-state index contributed by atoms with van der Waals surface area (Å²) in [7, 11) is 0. The summed E-state index contributed by atoms with van der Waals surface area (Å²) < 4.78 is 5.56. The van der Waals surface area contributed by atoms with Crippen LogP contribution in [0.3, 0.4) is 0 Å². The van der Waals surface area contributed by atoms with E-state index in [9.17, 15) is 0 Å². The fourth-order valence-electron chi connectivity index (χ4n) is 1.71. The summed E-state index contributed by atoms with van der Waals surface area (Å²) in [5.41, 5.74) is 1.30. The molecule has 0 amide bonds. The lowest BCUT2D eigenvalue weighted by molar-refractivity contribution is 0.362. The van der Waals surface area contributed by atoms with E-state index in [1.165, 1.54) is 5.56 Å². The number of hydrogen-bond donors (Lipinski definition) is 1. The van der Waals surface area contributed by atoms with E-state index < -0.39 is 0 Å². The number of rotatable bonds is 7. The second kappa shape index (κ2) is 8.11. The van der Waals surface area contributed by atoms with Crippen LogP contribution >= 0.6 is 0 Å². The van der Waals surface area contributed by atoms with Crippen molar-refractivity contribution in [2.45, 2.75) is 6.54 Å². The average molecular weight is 253 g/mol. The maximum absolute atomic E-state index is 5.56. The van der Waals surface area contributed by atoms with E-state index >= 15 is 0 Å². The zero-order valence-electron chi connectivity index (χ0n) is 11.0. The fraction of sp³-hybridized carbons (Fsp3) is 0.176. The molecule has 0 aliphatic rings. The van der Waals surface area contributed by atoms with Crippen molar-refractivity contribution in [3.63, 3.8) is 0 Å². The van der Waals surface area contributed by atoms with E-state index in [1.807, 2.05) is 42.5 Å². The van der Waals surface area contributed by atoms with Crippen LogP contribution in [0, 0.1) is 0 Å². The Morgan fingerprint density at radius 3 is 2.26 bits per heavy atom. The normalized spacial score (nSPS) is 10.7. The molecule has 0 bridgehead atoms. The predicted octanol–water partition coefficient (Wildman–Crippen LogP) is 3.41. The number of nitrogens with one attached hydrogen (secondary N) is 1. The van der Waals surface area contributed by atoms with Crippen LogP contribution in [0.2, 0.25) is 0 Å². The molecule has 2 aromatic rings.